The van der Waals surface area contributed by atoms with Gasteiger partial charge in [0.05, 0.1) is 15.0 Å². The summed E-state index contributed by atoms with van der Waals surface area (Å²) in [5.74, 6) is 3.94. The van der Waals surface area contributed by atoms with Gasteiger partial charge in [0.25, 0.3) is 0 Å². The number of thioether (sulfide) groups is 1. The van der Waals surface area contributed by atoms with Gasteiger partial charge >= 0.3 is 0 Å². The Morgan fingerprint density at radius 1 is 1.40 bits per heavy atom. The molecule has 1 heterocycles. The van der Waals surface area contributed by atoms with E-state index < -0.39 is 0 Å². The minimum atomic E-state index is 0.903. The molecule has 3 nitrogen and oxygen atoms in total. The maximum absolute atomic E-state index is 4.47. The van der Waals surface area contributed by atoms with Gasteiger partial charge in [-0.1, -0.05) is 6.92 Å². The highest BCUT2D eigenvalue weighted by Gasteiger charge is 2.07. The molecule has 0 atom stereocenters. The topological polar surface area (TPSA) is 37.8 Å². The van der Waals surface area contributed by atoms with E-state index in [1.165, 1.54) is 12.2 Å². The molecule has 0 aliphatic heterocycles. The zero-order valence-corrected chi connectivity index (χ0v) is 12.3. The van der Waals surface area contributed by atoms with Crippen molar-refractivity contribution in [1.82, 2.24) is 9.97 Å². The average molecular weight is 337 g/mol. The Morgan fingerprint density at radius 2 is 2.13 bits per heavy atom. The monoisotopic (exact) mass is 337 g/mol. The van der Waals surface area contributed by atoms with Gasteiger partial charge in [0.15, 0.2) is 0 Å². The molecular formula is C10H16IN3S. The predicted octanol–water partition coefficient (Wildman–Crippen LogP) is 3.07. The van der Waals surface area contributed by atoms with Crippen LogP contribution in [0, 0.1) is 10.5 Å². The molecule has 1 N–H and O–H groups in total. The fraction of sp³-hybridized carbons (Fsp3) is 0.600. The van der Waals surface area contributed by atoms with Gasteiger partial charge in [-0.25, -0.2) is 9.97 Å². The Balaban J connectivity index is 2.77. The van der Waals surface area contributed by atoms with Crippen LogP contribution in [0.2, 0.25) is 0 Å². The number of anilines is 1. The second-order valence-corrected chi connectivity index (χ2v) is 5.37. The molecular weight excluding hydrogens is 321 g/mol. The third kappa shape index (κ3) is 3.79. The molecule has 0 amide bonds. The molecule has 0 unspecified atom stereocenters. The molecule has 0 saturated carbocycles. The van der Waals surface area contributed by atoms with Crippen LogP contribution in [0.25, 0.3) is 0 Å². The van der Waals surface area contributed by atoms with Gasteiger partial charge in [-0.05, 0) is 41.7 Å². The first kappa shape index (κ1) is 13.0. The zero-order chi connectivity index (χ0) is 11.3. The molecule has 0 fully saturated rings. The Morgan fingerprint density at radius 3 is 2.73 bits per heavy atom. The molecule has 15 heavy (non-hydrogen) atoms. The van der Waals surface area contributed by atoms with E-state index in [4.69, 9.17) is 0 Å². The Kier molecular flexibility index (Phi) is 5.66. The first-order valence-corrected chi connectivity index (χ1v) is 7.20. The lowest BCUT2D eigenvalue weighted by atomic mass is 10.4. The number of nitrogens with one attached hydrogen (secondary N) is 1. The summed E-state index contributed by atoms with van der Waals surface area (Å²) < 4.78 is 1.11. The number of hydrogen-bond donors (Lipinski definition) is 1. The predicted molar refractivity (Wildman–Crippen MR) is 75.5 cm³/mol. The average Bonchev–Trinajstić information content (AvgIpc) is 2.23. The molecule has 1 rings (SSSR count). The summed E-state index contributed by atoms with van der Waals surface area (Å²) in [6, 6.07) is 0. The largest absolute Gasteiger partial charge is 0.372 e. The van der Waals surface area contributed by atoms with Crippen LogP contribution in [0.1, 0.15) is 24.9 Å². The summed E-state index contributed by atoms with van der Waals surface area (Å²) in [6.45, 7) is 4.21. The van der Waals surface area contributed by atoms with Crippen molar-refractivity contribution in [3.05, 3.63) is 15.1 Å². The molecule has 0 spiro atoms. The van der Waals surface area contributed by atoms with Crippen molar-refractivity contribution in [2.24, 2.45) is 0 Å². The van der Waals surface area contributed by atoms with Crippen LogP contribution in [0.4, 0.5) is 5.82 Å². The molecule has 0 aliphatic carbocycles. The SMILES string of the molecule is CCCSCc1nc(C)c(I)c(NC)n1. The lowest BCUT2D eigenvalue weighted by molar-refractivity contribution is 0.982. The summed E-state index contributed by atoms with van der Waals surface area (Å²) >= 11 is 4.16. The summed E-state index contributed by atoms with van der Waals surface area (Å²) in [7, 11) is 1.90. The van der Waals surface area contributed by atoms with E-state index in [9.17, 15) is 0 Å². The third-order valence-electron chi connectivity index (χ3n) is 1.88. The fourth-order valence-corrected chi connectivity index (χ4v) is 2.41. The van der Waals surface area contributed by atoms with Crippen molar-refractivity contribution < 1.29 is 0 Å². The Labute approximate surface area is 109 Å². The highest BCUT2D eigenvalue weighted by Crippen LogP contribution is 2.19. The summed E-state index contributed by atoms with van der Waals surface area (Å²) in [4.78, 5) is 8.95. The minimum Gasteiger partial charge on any atom is -0.372 e. The van der Waals surface area contributed by atoms with Crippen LogP contribution in [0.15, 0.2) is 0 Å². The van der Waals surface area contributed by atoms with Crippen molar-refractivity contribution in [2.75, 3.05) is 18.1 Å². The normalized spacial score (nSPS) is 10.4. The summed E-state index contributed by atoms with van der Waals surface area (Å²) in [5.41, 5.74) is 1.06. The second-order valence-electron chi connectivity index (χ2n) is 3.19. The van der Waals surface area contributed by atoms with Gasteiger partial charge < -0.3 is 5.32 Å². The fourth-order valence-electron chi connectivity index (χ4n) is 1.16. The third-order valence-corrected chi connectivity index (χ3v) is 4.33. The van der Waals surface area contributed by atoms with Gasteiger partial charge in [-0.15, -0.1) is 0 Å². The van der Waals surface area contributed by atoms with E-state index in [1.807, 2.05) is 25.7 Å². The van der Waals surface area contributed by atoms with Gasteiger partial charge in [-0.3, -0.25) is 0 Å². The van der Waals surface area contributed by atoms with Gasteiger partial charge in [0, 0.05) is 7.05 Å². The van der Waals surface area contributed by atoms with Crippen LogP contribution < -0.4 is 5.32 Å². The Hall–Kier alpha value is -0.0400. The number of aromatic nitrogens is 2. The van der Waals surface area contributed by atoms with E-state index in [-0.39, 0.29) is 0 Å². The molecule has 0 radical (unpaired) electrons. The van der Waals surface area contributed by atoms with Crippen molar-refractivity contribution in [3.63, 3.8) is 0 Å². The first-order chi connectivity index (χ1) is 7.19. The number of hydrogen-bond acceptors (Lipinski definition) is 4. The van der Waals surface area contributed by atoms with Crippen molar-refractivity contribution in [3.8, 4) is 0 Å². The highest BCUT2D eigenvalue weighted by molar-refractivity contribution is 14.1. The number of aryl methyl sites for hydroxylation is 1. The van der Waals surface area contributed by atoms with E-state index in [2.05, 4.69) is 44.8 Å². The highest BCUT2D eigenvalue weighted by atomic mass is 127. The first-order valence-electron chi connectivity index (χ1n) is 4.97. The molecule has 0 saturated heterocycles. The zero-order valence-electron chi connectivity index (χ0n) is 9.30. The Bertz CT molecular complexity index is 331. The molecule has 0 aliphatic rings. The van der Waals surface area contributed by atoms with E-state index >= 15 is 0 Å². The lowest BCUT2D eigenvalue weighted by Crippen LogP contribution is -2.04. The standard InChI is InChI=1S/C10H16IN3S/c1-4-5-15-6-8-13-7(2)9(11)10(12-3)14-8/h4-6H2,1-3H3,(H,12,13,14). The smallest absolute Gasteiger partial charge is 0.143 e. The lowest BCUT2D eigenvalue weighted by Gasteiger charge is -2.08. The molecule has 1 aromatic rings. The van der Waals surface area contributed by atoms with Crippen molar-refractivity contribution >= 4 is 40.2 Å². The minimum absolute atomic E-state index is 0.903. The maximum atomic E-state index is 4.47. The van der Waals surface area contributed by atoms with Crippen LogP contribution in [-0.4, -0.2) is 22.8 Å². The van der Waals surface area contributed by atoms with Crippen molar-refractivity contribution in [2.45, 2.75) is 26.0 Å². The molecule has 1 aromatic heterocycles. The number of halogens is 1. The molecule has 0 aromatic carbocycles. The van der Waals surface area contributed by atoms with Crippen LogP contribution in [-0.2, 0) is 5.75 Å². The van der Waals surface area contributed by atoms with E-state index in [1.54, 1.807) is 0 Å². The quantitative estimate of drug-likeness (QED) is 0.662. The second kappa shape index (κ2) is 6.52. The molecule has 84 valence electrons. The number of rotatable bonds is 5. The van der Waals surface area contributed by atoms with Crippen LogP contribution >= 0.6 is 34.4 Å². The van der Waals surface area contributed by atoms with Gasteiger partial charge in [0.2, 0.25) is 0 Å². The van der Waals surface area contributed by atoms with Crippen LogP contribution in [0.3, 0.4) is 0 Å². The number of nitrogens with zero attached hydrogens (tertiary/aromatic N) is 2. The van der Waals surface area contributed by atoms with Crippen molar-refractivity contribution in [1.29, 1.82) is 0 Å². The van der Waals surface area contributed by atoms with E-state index in [0.29, 0.717) is 0 Å². The molecule has 5 heteroatoms. The van der Waals surface area contributed by atoms with E-state index in [0.717, 1.165) is 26.7 Å². The van der Waals surface area contributed by atoms with Gasteiger partial charge in [0.1, 0.15) is 11.6 Å². The summed E-state index contributed by atoms with van der Waals surface area (Å²) in [6.07, 6.45) is 1.20. The van der Waals surface area contributed by atoms with Gasteiger partial charge in [-0.2, -0.15) is 11.8 Å². The summed E-state index contributed by atoms with van der Waals surface area (Å²) in [5, 5.41) is 3.10. The maximum Gasteiger partial charge on any atom is 0.143 e. The van der Waals surface area contributed by atoms with Crippen LogP contribution in [0.5, 0.6) is 0 Å². The molecule has 0 bridgehead atoms.